The van der Waals surface area contributed by atoms with Crippen LogP contribution in [-0.4, -0.2) is 17.8 Å². The Morgan fingerprint density at radius 2 is 2.20 bits per heavy atom. The van der Waals surface area contributed by atoms with Gasteiger partial charge >= 0.3 is 0 Å². The van der Waals surface area contributed by atoms with Crippen molar-refractivity contribution in [2.75, 3.05) is 6.54 Å². The molecule has 0 aromatic carbocycles. The molecule has 0 amide bonds. The van der Waals surface area contributed by atoms with Crippen LogP contribution in [0.15, 0.2) is 15.9 Å². The number of hydrogen-bond acceptors (Lipinski definition) is 3. The van der Waals surface area contributed by atoms with Crippen LogP contribution in [0.2, 0.25) is 0 Å². The summed E-state index contributed by atoms with van der Waals surface area (Å²) in [7, 11) is 0. The molecule has 1 heterocycles. The molecule has 0 radical (unpaired) electrons. The average molecular weight is 292 g/mol. The zero-order valence-electron chi connectivity index (χ0n) is 9.16. The average Bonchev–Trinajstić information content (AvgIpc) is 2.59. The van der Waals surface area contributed by atoms with Crippen molar-refractivity contribution in [3.05, 3.63) is 20.8 Å². The Morgan fingerprint density at radius 1 is 1.47 bits per heavy atom. The van der Waals surface area contributed by atoms with Crippen LogP contribution in [0.1, 0.15) is 37.6 Å². The summed E-state index contributed by atoms with van der Waals surface area (Å²) in [6.07, 6.45) is 1.71. The van der Waals surface area contributed by atoms with Crippen LogP contribution in [0, 0.1) is 0 Å². The van der Waals surface area contributed by atoms with Gasteiger partial charge in [-0.1, -0.05) is 0 Å². The maximum atomic E-state index is 9.11. The van der Waals surface area contributed by atoms with E-state index in [0.29, 0.717) is 6.04 Å². The molecule has 86 valence electrons. The van der Waals surface area contributed by atoms with Gasteiger partial charge in [-0.15, -0.1) is 11.3 Å². The zero-order chi connectivity index (χ0) is 11.3. The van der Waals surface area contributed by atoms with Gasteiger partial charge in [0, 0.05) is 10.9 Å². The van der Waals surface area contributed by atoms with Crippen LogP contribution in [0.5, 0.6) is 0 Å². The lowest BCUT2D eigenvalue weighted by molar-refractivity contribution is 0.181. The largest absolute Gasteiger partial charge is 0.393 e. The van der Waals surface area contributed by atoms with Gasteiger partial charge in [-0.2, -0.15) is 0 Å². The molecular formula is C11H18BrNOS. The van der Waals surface area contributed by atoms with Crippen LogP contribution in [0.3, 0.4) is 0 Å². The van der Waals surface area contributed by atoms with Crippen molar-refractivity contribution in [2.45, 2.75) is 38.8 Å². The fraction of sp³-hybridized carbons (Fsp3) is 0.636. The molecule has 2 unspecified atom stereocenters. The normalized spacial score (nSPS) is 15.2. The van der Waals surface area contributed by atoms with E-state index >= 15 is 0 Å². The summed E-state index contributed by atoms with van der Waals surface area (Å²) < 4.78 is 1.18. The first-order valence-electron chi connectivity index (χ1n) is 5.26. The minimum Gasteiger partial charge on any atom is -0.393 e. The monoisotopic (exact) mass is 291 g/mol. The minimum atomic E-state index is -0.182. The van der Waals surface area contributed by atoms with E-state index in [4.69, 9.17) is 5.11 Å². The Balaban J connectivity index is 2.21. The van der Waals surface area contributed by atoms with Crippen LogP contribution < -0.4 is 5.32 Å². The molecule has 2 nitrogen and oxygen atoms in total. The molecule has 0 spiro atoms. The summed E-state index contributed by atoms with van der Waals surface area (Å²) in [5.74, 6) is 0. The van der Waals surface area contributed by atoms with E-state index in [-0.39, 0.29) is 6.10 Å². The molecule has 4 heteroatoms. The van der Waals surface area contributed by atoms with E-state index < -0.39 is 0 Å². The molecule has 0 saturated carbocycles. The molecular weight excluding hydrogens is 274 g/mol. The van der Waals surface area contributed by atoms with Crippen LogP contribution in [0.25, 0.3) is 0 Å². The van der Waals surface area contributed by atoms with Crippen molar-refractivity contribution in [1.29, 1.82) is 0 Å². The van der Waals surface area contributed by atoms with Crippen molar-refractivity contribution in [3.63, 3.8) is 0 Å². The van der Waals surface area contributed by atoms with Crippen molar-refractivity contribution in [3.8, 4) is 0 Å². The van der Waals surface area contributed by atoms with Crippen molar-refractivity contribution in [1.82, 2.24) is 5.32 Å². The predicted molar refractivity (Wildman–Crippen MR) is 69.4 cm³/mol. The second-order valence-corrected chi connectivity index (χ2v) is 6.30. The molecule has 2 N–H and O–H groups in total. The first-order valence-corrected chi connectivity index (χ1v) is 6.87. The molecule has 0 aliphatic heterocycles. The summed E-state index contributed by atoms with van der Waals surface area (Å²) in [6.45, 7) is 4.96. The maximum absolute atomic E-state index is 9.11. The lowest BCUT2D eigenvalue weighted by atomic mass is 10.2. The fourth-order valence-corrected chi connectivity index (χ4v) is 2.83. The van der Waals surface area contributed by atoms with Crippen molar-refractivity contribution in [2.24, 2.45) is 0 Å². The van der Waals surface area contributed by atoms with Gasteiger partial charge in [0.15, 0.2) is 0 Å². The summed E-state index contributed by atoms with van der Waals surface area (Å²) in [5.41, 5.74) is 0. The molecule has 1 rings (SSSR count). The predicted octanol–water partition coefficient (Wildman–Crippen LogP) is 3.32. The van der Waals surface area contributed by atoms with Crippen LogP contribution in [-0.2, 0) is 0 Å². The Morgan fingerprint density at radius 3 is 2.73 bits per heavy atom. The van der Waals surface area contributed by atoms with Crippen LogP contribution in [0.4, 0.5) is 0 Å². The molecule has 0 fully saturated rings. The van der Waals surface area contributed by atoms with Gasteiger partial charge in [0.25, 0.3) is 0 Å². The minimum absolute atomic E-state index is 0.182. The molecule has 0 saturated heterocycles. The Bertz CT molecular complexity index is 288. The highest BCUT2D eigenvalue weighted by Crippen LogP contribution is 2.26. The lowest BCUT2D eigenvalue weighted by Gasteiger charge is -2.12. The van der Waals surface area contributed by atoms with E-state index in [1.54, 1.807) is 11.3 Å². The first kappa shape index (κ1) is 13.2. The van der Waals surface area contributed by atoms with E-state index in [0.717, 1.165) is 19.4 Å². The number of thiophene rings is 1. The maximum Gasteiger partial charge on any atom is 0.0701 e. The summed E-state index contributed by atoms with van der Waals surface area (Å²) in [6, 6.07) is 4.62. The van der Waals surface area contributed by atoms with E-state index in [1.165, 1.54) is 8.66 Å². The summed E-state index contributed by atoms with van der Waals surface area (Å²) in [4.78, 5) is 1.35. The number of rotatable bonds is 6. The molecule has 0 aliphatic rings. The Kier molecular flexibility index (Phi) is 5.82. The third kappa shape index (κ3) is 5.11. The SMILES string of the molecule is CC(O)CCCNC(C)c1ccc(Br)s1. The van der Waals surface area contributed by atoms with Crippen molar-refractivity contribution < 1.29 is 5.11 Å². The van der Waals surface area contributed by atoms with E-state index in [2.05, 4.69) is 40.3 Å². The lowest BCUT2D eigenvalue weighted by Crippen LogP contribution is -2.19. The second-order valence-electron chi connectivity index (χ2n) is 3.81. The third-order valence-electron chi connectivity index (χ3n) is 2.27. The van der Waals surface area contributed by atoms with Gasteiger partial charge in [0.05, 0.1) is 9.89 Å². The number of aliphatic hydroxyl groups excluding tert-OH is 1. The summed E-state index contributed by atoms with van der Waals surface area (Å²) >= 11 is 5.22. The quantitative estimate of drug-likeness (QED) is 0.788. The van der Waals surface area contributed by atoms with Crippen LogP contribution >= 0.6 is 27.3 Å². The zero-order valence-corrected chi connectivity index (χ0v) is 11.6. The van der Waals surface area contributed by atoms with Gasteiger partial charge in [-0.3, -0.25) is 0 Å². The summed E-state index contributed by atoms with van der Waals surface area (Å²) in [5, 5.41) is 12.6. The molecule has 2 atom stereocenters. The fourth-order valence-electron chi connectivity index (χ4n) is 1.38. The number of aliphatic hydroxyl groups is 1. The van der Waals surface area contributed by atoms with Gasteiger partial charge in [0.1, 0.15) is 0 Å². The molecule has 0 aliphatic carbocycles. The number of hydrogen-bond donors (Lipinski definition) is 2. The number of nitrogens with one attached hydrogen (secondary N) is 1. The van der Waals surface area contributed by atoms with Gasteiger partial charge < -0.3 is 10.4 Å². The molecule has 1 aromatic heterocycles. The smallest absolute Gasteiger partial charge is 0.0701 e. The van der Waals surface area contributed by atoms with Crippen molar-refractivity contribution >= 4 is 27.3 Å². The standard InChI is InChI=1S/C11H18BrNOS/c1-8(14)4-3-7-13-9(2)10-5-6-11(12)15-10/h5-6,8-9,13-14H,3-4,7H2,1-2H3. The van der Waals surface area contributed by atoms with Gasteiger partial charge in [-0.05, 0) is 61.3 Å². The van der Waals surface area contributed by atoms with E-state index in [1.807, 2.05) is 6.92 Å². The number of halogens is 1. The Labute approximate surface area is 104 Å². The first-order chi connectivity index (χ1) is 7.09. The van der Waals surface area contributed by atoms with Gasteiger partial charge in [0.2, 0.25) is 0 Å². The van der Waals surface area contributed by atoms with Gasteiger partial charge in [-0.25, -0.2) is 0 Å². The topological polar surface area (TPSA) is 32.3 Å². The van der Waals surface area contributed by atoms with E-state index in [9.17, 15) is 0 Å². The Hall–Kier alpha value is 0.1000. The highest BCUT2D eigenvalue weighted by molar-refractivity contribution is 9.11. The molecule has 15 heavy (non-hydrogen) atoms. The highest BCUT2D eigenvalue weighted by Gasteiger charge is 2.06. The highest BCUT2D eigenvalue weighted by atomic mass is 79.9. The third-order valence-corrected chi connectivity index (χ3v) is 4.08. The molecule has 0 bridgehead atoms. The second kappa shape index (κ2) is 6.63. The molecule has 1 aromatic rings.